The van der Waals surface area contributed by atoms with E-state index in [1.54, 1.807) is 0 Å². The van der Waals surface area contributed by atoms with Crippen LogP contribution in [0.3, 0.4) is 0 Å². The van der Waals surface area contributed by atoms with Crippen molar-refractivity contribution < 1.29 is 0 Å². The Bertz CT molecular complexity index is 52.5. The lowest BCUT2D eigenvalue weighted by atomic mass is 10.1. The lowest BCUT2D eigenvalue weighted by Gasteiger charge is -2.08. The fourth-order valence-electron chi connectivity index (χ4n) is 0.478. The molecule has 1 unspecified atom stereocenters. The number of thiol groups is 2. The molecule has 1 radical (unpaired) electrons. The Morgan fingerprint density at radius 2 is 2.00 bits per heavy atom. The van der Waals surface area contributed by atoms with Gasteiger partial charge in [-0.05, 0) is 12.3 Å². The molecule has 0 aromatic rings. The maximum atomic E-state index is 4.13. The molecule has 0 aliphatic carbocycles. The standard InChI is InChI=1S/C6H13S2/c1-3-5(2)4-6(7)8/h5-8H,1,3-4H2,2H3. The Balaban J connectivity index is 3.10. The van der Waals surface area contributed by atoms with E-state index in [1.165, 1.54) is 0 Å². The first-order valence-electron chi connectivity index (χ1n) is 2.82. The predicted octanol–water partition coefficient (Wildman–Crippen LogP) is 2.42. The number of hydrogen-bond acceptors (Lipinski definition) is 2. The second-order valence-electron chi connectivity index (χ2n) is 2.11. The summed E-state index contributed by atoms with van der Waals surface area (Å²) < 4.78 is 0.228. The van der Waals surface area contributed by atoms with E-state index < -0.39 is 0 Å². The van der Waals surface area contributed by atoms with Crippen LogP contribution in [0.5, 0.6) is 0 Å². The van der Waals surface area contributed by atoms with E-state index in [0.29, 0.717) is 5.92 Å². The largest absolute Gasteiger partial charge is 0.165 e. The minimum Gasteiger partial charge on any atom is -0.165 e. The van der Waals surface area contributed by atoms with Crippen molar-refractivity contribution in [3.8, 4) is 0 Å². The van der Waals surface area contributed by atoms with E-state index in [2.05, 4.69) is 39.1 Å². The summed E-state index contributed by atoms with van der Waals surface area (Å²) in [6.07, 6.45) is 2.04. The average Bonchev–Trinajstić information content (AvgIpc) is 1.65. The van der Waals surface area contributed by atoms with Crippen LogP contribution in [0.4, 0.5) is 0 Å². The van der Waals surface area contributed by atoms with Crippen molar-refractivity contribution in [3.63, 3.8) is 0 Å². The molecular formula is C6H13S2. The predicted molar refractivity (Wildman–Crippen MR) is 45.5 cm³/mol. The highest BCUT2D eigenvalue weighted by Crippen LogP contribution is 2.15. The van der Waals surface area contributed by atoms with Crippen molar-refractivity contribution in [2.24, 2.45) is 5.92 Å². The van der Waals surface area contributed by atoms with Gasteiger partial charge in [0.25, 0.3) is 0 Å². The zero-order valence-electron chi connectivity index (χ0n) is 5.17. The van der Waals surface area contributed by atoms with Crippen molar-refractivity contribution in [1.29, 1.82) is 0 Å². The van der Waals surface area contributed by atoms with E-state index in [4.69, 9.17) is 0 Å². The van der Waals surface area contributed by atoms with Crippen LogP contribution < -0.4 is 0 Å². The highest BCUT2D eigenvalue weighted by atomic mass is 32.2. The zero-order chi connectivity index (χ0) is 6.57. The van der Waals surface area contributed by atoms with Crippen molar-refractivity contribution in [2.45, 2.75) is 24.3 Å². The molecule has 0 saturated heterocycles. The summed E-state index contributed by atoms with van der Waals surface area (Å²) in [4.78, 5) is 0. The van der Waals surface area contributed by atoms with Gasteiger partial charge in [-0.25, -0.2) is 0 Å². The monoisotopic (exact) mass is 149 g/mol. The van der Waals surface area contributed by atoms with Crippen LogP contribution in [-0.2, 0) is 0 Å². The van der Waals surface area contributed by atoms with E-state index in [9.17, 15) is 0 Å². The van der Waals surface area contributed by atoms with Gasteiger partial charge in [0, 0.05) is 4.58 Å². The van der Waals surface area contributed by atoms with Gasteiger partial charge in [0.2, 0.25) is 0 Å². The smallest absolute Gasteiger partial charge is 0.0444 e. The summed E-state index contributed by atoms with van der Waals surface area (Å²) in [6.45, 7) is 5.93. The minimum absolute atomic E-state index is 0.228. The third-order valence-electron chi connectivity index (χ3n) is 1.11. The molecular weight excluding hydrogens is 136 g/mol. The summed E-state index contributed by atoms with van der Waals surface area (Å²) in [5.41, 5.74) is 0. The van der Waals surface area contributed by atoms with Crippen molar-refractivity contribution in [1.82, 2.24) is 0 Å². The Morgan fingerprint density at radius 1 is 1.50 bits per heavy atom. The number of rotatable bonds is 3. The summed E-state index contributed by atoms with van der Waals surface area (Å²) >= 11 is 8.26. The second kappa shape index (κ2) is 4.57. The molecule has 0 aromatic heterocycles. The molecule has 8 heavy (non-hydrogen) atoms. The average molecular weight is 149 g/mol. The van der Waals surface area contributed by atoms with Gasteiger partial charge in [-0.2, -0.15) is 25.3 Å². The van der Waals surface area contributed by atoms with Crippen molar-refractivity contribution in [3.05, 3.63) is 6.92 Å². The first-order valence-corrected chi connectivity index (χ1v) is 3.85. The summed E-state index contributed by atoms with van der Waals surface area (Å²) in [5, 5.41) is 0. The van der Waals surface area contributed by atoms with E-state index in [-0.39, 0.29) is 4.58 Å². The third-order valence-corrected chi connectivity index (χ3v) is 1.53. The highest BCUT2D eigenvalue weighted by Gasteiger charge is 2.01. The maximum Gasteiger partial charge on any atom is 0.0444 e. The van der Waals surface area contributed by atoms with Gasteiger partial charge in [-0.3, -0.25) is 0 Å². The van der Waals surface area contributed by atoms with Crippen LogP contribution in [0.2, 0.25) is 0 Å². The van der Waals surface area contributed by atoms with Gasteiger partial charge in [0.15, 0.2) is 0 Å². The number of hydrogen-bond donors (Lipinski definition) is 2. The van der Waals surface area contributed by atoms with Crippen LogP contribution in [-0.4, -0.2) is 4.58 Å². The van der Waals surface area contributed by atoms with Gasteiger partial charge in [0.1, 0.15) is 0 Å². The second-order valence-corrected chi connectivity index (χ2v) is 3.76. The molecule has 0 N–H and O–H groups in total. The fraction of sp³-hybridized carbons (Fsp3) is 0.833. The Kier molecular flexibility index (Phi) is 4.97. The molecule has 0 heterocycles. The molecule has 49 valence electrons. The van der Waals surface area contributed by atoms with Crippen molar-refractivity contribution >= 4 is 25.3 Å². The first kappa shape index (κ1) is 8.70. The maximum absolute atomic E-state index is 4.13. The molecule has 2 heteroatoms. The normalized spacial score (nSPS) is 14.6. The summed E-state index contributed by atoms with van der Waals surface area (Å²) in [5.74, 6) is 0.662. The lowest BCUT2D eigenvalue weighted by molar-refractivity contribution is 0.567. The SMILES string of the molecule is [CH2]CC(C)CC(S)S. The molecule has 0 aliphatic heterocycles. The molecule has 0 aromatic carbocycles. The van der Waals surface area contributed by atoms with Gasteiger partial charge in [-0.15, -0.1) is 0 Å². The van der Waals surface area contributed by atoms with Crippen LogP contribution >= 0.6 is 25.3 Å². The van der Waals surface area contributed by atoms with Crippen LogP contribution in [0.15, 0.2) is 0 Å². The molecule has 0 saturated carbocycles. The Labute approximate surface area is 62.9 Å². The molecule has 0 bridgehead atoms. The third kappa shape index (κ3) is 4.85. The lowest BCUT2D eigenvalue weighted by Crippen LogP contribution is -1.97. The highest BCUT2D eigenvalue weighted by molar-refractivity contribution is 7.99. The molecule has 0 fully saturated rings. The summed E-state index contributed by atoms with van der Waals surface area (Å²) in [6, 6.07) is 0. The molecule has 0 spiro atoms. The van der Waals surface area contributed by atoms with E-state index in [1.807, 2.05) is 0 Å². The van der Waals surface area contributed by atoms with Crippen molar-refractivity contribution in [2.75, 3.05) is 0 Å². The van der Waals surface area contributed by atoms with Crippen LogP contribution in [0, 0.1) is 12.8 Å². The molecule has 0 nitrogen and oxygen atoms in total. The van der Waals surface area contributed by atoms with Crippen LogP contribution in [0.25, 0.3) is 0 Å². The molecule has 0 aliphatic rings. The van der Waals surface area contributed by atoms with Crippen LogP contribution in [0.1, 0.15) is 19.8 Å². The van der Waals surface area contributed by atoms with E-state index in [0.717, 1.165) is 12.8 Å². The Morgan fingerprint density at radius 3 is 2.12 bits per heavy atom. The van der Waals surface area contributed by atoms with Gasteiger partial charge in [0.05, 0.1) is 0 Å². The zero-order valence-corrected chi connectivity index (χ0v) is 6.96. The quantitative estimate of drug-likeness (QED) is 0.447. The van der Waals surface area contributed by atoms with Gasteiger partial charge < -0.3 is 0 Å². The summed E-state index contributed by atoms with van der Waals surface area (Å²) in [7, 11) is 0. The van der Waals surface area contributed by atoms with E-state index >= 15 is 0 Å². The molecule has 1 atom stereocenters. The van der Waals surface area contributed by atoms with Gasteiger partial charge in [-0.1, -0.05) is 20.3 Å². The Hall–Kier alpha value is 0.700. The minimum atomic E-state index is 0.228. The van der Waals surface area contributed by atoms with Gasteiger partial charge >= 0.3 is 0 Å². The first-order chi connectivity index (χ1) is 3.66. The fourth-order valence-corrected chi connectivity index (χ4v) is 1.20. The topological polar surface area (TPSA) is 0 Å². The molecule has 0 amide bonds. The molecule has 0 rings (SSSR count).